The monoisotopic (exact) mass is 345 g/mol. The Kier molecular flexibility index (Phi) is 6.28. The number of carbonyl (C=O) groups excluding carboxylic acids is 2. The third-order valence-corrected chi connectivity index (χ3v) is 4.89. The van der Waals surface area contributed by atoms with E-state index in [1.165, 1.54) is 10.5 Å². The lowest BCUT2D eigenvalue weighted by atomic mass is 10.1. The number of ether oxygens (including phenoxy) is 1. The highest BCUT2D eigenvalue weighted by molar-refractivity contribution is 5.82. The lowest BCUT2D eigenvalue weighted by molar-refractivity contribution is -0.131. The lowest BCUT2D eigenvalue weighted by Gasteiger charge is -2.23. The van der Waals surface area contributed by atoms with Gasteiger partial charge in [-0.25, -0.2) is 4.79 Å². The average molecular weight is 345 g/mol. The van der Waals surface area contributed by atoms with Crippen molar-refractivity contribution in [2.75, 3.05) is 52.4 Å². The fourth-order valence-corrected chi connectivity index (χ4v) is 3.43. The molecule has 0 saturated carbocycles. The summed E-state index contributed by atoms with van der Waals surface area (Å²) in [7, 11) is 0. The first-order valence-corrected chi connectivity index (χ1v) is 9.18. The predicted molar refractivity (Wildman–Crippen MR) is 95.3 cm³/mol. The maximum Gasteiger partial charge on any atom is 0.410 e. The maximum atomic E-state index is 12.4. The number of nitrogens with zero attached hydrogens (tertiary/aromatic N) is 3. The normalized spacial score (nSPS) is 19.0. The Morgan fingerprint density at radius 3 is 2.64 bits per heavy atom. The van der Waals surface area contributed by atoms with Crippen LogP contribution in [-0.4, -0.2) is 79.1 Å². The highest BCUT2D eigenvalue weighted by Gasteiger charge is 2.27. The Hall–Kier alpha value is -2.08. The molecule has 2 saturated heterocycles. The first kappa shape index (κ1) is 17.7. The molecule has 136 valence electrons. The molecule has 0 bridgehead atoms. The molecular formula is C19H27N3O3. The van der Waals surface area contributed by atoms with Crippen LogP contribution in [0.2, 0.25) is 0 Å². The van der Waals surface area contributed by atoms with Crippen molar-refractivity contribution in [1.82, 2.24) is 14.7 Å². The molecule has 0 atom stereocenters. The number of benzene rings is 1. The molecular weight excluding hydrogens is 318 g/mol. The third kappa shape index (κ3) is 5.19. The van der Waals surface area contributed by atoms with Crippen molar-refractivity contribution >= 4 is 12.0 Å². The van der Waals surface area contributed by atoms with Crippen molar-refractivity contribution in [1.29, 1.82) is 0 Å². The molecule has 25 heavy (non-hydrogen) atoms. The zero-order valence-electron chi connectivity index (χ0n) is 14.7. The highest BCUT2D eigenvalue weighted by atomic mass is 16.6. The summed E-state index contributed by atoms with van der Waals surface area (Å²) in [6, 6.07) is 10.6. The van der Waals surface area contributed by atoms with E-state index < -0.39 is 0 Å². The Morgan fingerprint density at radius 1 is 1.04 bits per heavy atom. The van der Waals surface area contributed by atoms with Crippen molar-refractivity contribution in [3.63, 3.8) is 0 Å². The minimum atomic E-state index is -0.370. The first-order valence-electron chi connectivity index (χ1n) is 9.18. The molecule has 0 spiro atoms. The quantitative estimate of drug-likeness (QED) is 0.786. The summed E-state index contributed by atoms with van der Waals surface area (Å²) >= 11 is 0. The lowest BCUT2D eigenvalue weighted by Crippen LogP contribution is -2.42. The smallest absolute Gasteiger partial charge is 0.410 e. The summed E-state index contributed by atoms with van der Waals surface area (Å²) in [6.07, 6.45) is 2.85. The second kappa shape index (κ2) is 8.85. The van der Waals surface area contributed by atoms with Crippen LogP contribution in [0.4, 0.5) is 4.79 Å². The van der Waals surface area contributed by atoms with Gasteiger partial charge in [0.05, 0.1) is 6.54 Å². The average Bonchev–Trinajstić information content (AvgIpc) is 2.88. The third-order valence-electron chi connectivity index (χ3n) is 4.89. The minimum absolute atomic E-state index is 0.0324. The van der Waals surface area contributed by atoms with Gasteiger partial charge in [-0.15, -0.1) is 0 Å². The van der Waals surface area contributed by atoms with Gasteiger partial charge in [0, 0.05) is 19.6 Å². The van der Waals surface area contributed by atoms with Crippen molar-refractivity contribution in [3.8, 4) is 0 Å². The van der Waals surface area contributed by atoms with E-state index in [9.17, 15) is 9.59 Å². The SMILES string of the molecule is O=C(CN1CCOC1=O)N1CCCN(CCCc2ccccc2)CC1. The summed E-state index contributed by atoms with van der Waals surface area (Å²) in [5.41, 5.74) is 1.38. The van der Waals surface area contributed by atoms with Crippen LogP contribution in [0.5, 0.6) is 0 Å². The molecule has 2 aliphatic heterocycles. The minimum Gasteiger partial charge on any atom is -0.448 e. The second-order valence-electron chi connectivity index (χ2n) is 6.70. The maximum absolute atomic E-state index is 12.4. The van der Waals surface area contributed by atoms with Crippen LogP contribution in [0.1, 0.15) is 18.4 Å². The fourth-order valence-electron chi connectivity index (χ4n) is 3.43. The van der Waals surface area contributed by atoms with E-state index in [1.54, 1.807) is 0 Å². The molecule has 2 amide bonds. The zero-order chi connectivity index (χ0) is 17.5. The van der Waals surface area contributed by atoms with Crippen LogP contribution >= 0.6 is 0 Å². The summed E-state index contributed by atoms with van der Waals surface area (Å²) in [4.78, 5) is 29.7. The molecule has 6 nitrogen and oxygen atoms in total. The molecule has 6 heteroatoms. The van der Waals surface area contributed by atoms with E-state index in [1.807, 2.05) is 11.0 Å². The van der Waals surface area contributed by atoms with Crippen molar-refractivity contribution in [3.05, 3.63) is 35.9 Å². The number of hydrogen-bond donors (Lipinski definition) is 0. The van der Waals surface area contributed by atoms with Crippen LogP contribution in [0.15, 0.2) is 30.3 Å². The fraction of sp³-hybridized carbons (Fsp3) is 0.579. The standard InChI is InChI=1S/C19H27N3O3/c23-18(16-22-14-15-25-19(22)24)21-11-5-10-20(12-13-21)9-4-8-17-6-2-1-3-7-17/h1-3,6-7H,4-5,8-16H2. The van der Waals surface area contributed by atoms with Crippen LogP contribution in [0.25, 0.3) is 0 Å². The predicted octanol–water partition coefficient (Wildman–Crippen LogP) is 1.61. The topological polar surface area (TPSA) is 53.1 Å². The molecule has 1 aromatic rings. The number of aryl methyl sites for hydroxylation is 1. The molecule has 0 aromatic heterocycles. The molecule has 0 radical (unpaired) electrons. The van der Waals surface area contributed by atoms with E-state index in [0.29, 0.717) is 13.2 Å². The Bertz CT molecular complexity index is 579. The van der Waals surface area contributed by atoms with Crippen molar-refractivity contribution in [2.45, 2.75) is 19.3 Å². The summed E-state index contributed by atoms with van der Waals surface area (Å²) in [5.74, 6) is 0.0324. The van der Waals surface area contributed by atoms with E-state index in [0.717, 1.165) is 52.0 Å². The van der Waals surface area contributed by atoms with Gasteiger partial charge in [0.25, 0.3) is 0 Å². The van der Waals surface area contributed by atoms with Gasteiger partial charge in [0.2, 0.25) is 5.91 Å². The number of hydrogen-bond acceptors (Lipinski definition) is 4. The Labute approximate surface area is 149 Å². The molecule has 0 N–H and O–H groups in total. The molecule has 0 aliphatic carbocycles. The van der Waals surface area contributed by atoms with Gasteiger partial charge >= 0.3 is 6.09 Å². The number of cyclic esters (lactones) is 1. The van der Waals surface area contributed by atoms with Crippen LogP contribution < -0.4 is 0 Å². The highest BCUT2D eigenvalue weighted by Crippen LogP contribution is 2.09. The van der Waals surface area contributed by atoms with Gasteiger partial charge < -0.3 is 14.5 Å². The van der Waals surface area contributed by atoms with Crippen molar-refractivity contribution in [2.24, 2.45) is 0 Å². The molecule has 2 fully saturated rings. The second-order valence-corrected chi connectivity index (χ2v) is 6.70. The Balaban J connectivity index is 1.39. The van der Waals surface area contributed by atoms with Gasteiger partial charge in [-0.3, -0.25) is 9.69 Å². The van der Waals surface area contributed by atoms with Gasteiger partial charge in [0.15, 0.2) is 0 Å². The first-order chi connectivity index (χ1) is 12.2. The zero-order valence-corrected chi connectivity index (χ0v) is 14.7. The molecule has 1 aromatic carbocycles. The molecule has 2 heterocycles. The van der Waals surface area contributed by atoms with Crippen molar-refractivity contribution < 1.29 is 14.3 Å². The van der Waals surface area contributed by atoms with Crippen LogP contribution in [0, 0.1) is 0 Å². The molecule has 2 aliphatic rings. The van der Waals surface area contributed by atoms with Crippen LogP contribution in [-0.2, 0) is 16.0 Å². The molecule has 0 unspecified atom stereocenters. The molecule has 3 rings (SSSR count). The number of carbonyl (C=O) groups is 2. The number of rotatable bonds is 6. The summed E-state index contributed by atoms with van der Waals surface area (Å²) < 4.78 is 4.88. The number of amides is 2. The van der Waals surface area contributed by atoms with E-state index in [-0.39, 0.29) is 18.5 Å². The largest absolute Gasteiger partial charge is 0.448 e. The van der Waals surface area contributed by atoms with Gasteiger partial charge in [-0.1, -0.05) is 30.3 Å². The summed E-state index contributed by atoms with van der Waals surface area (Å²) in [5, 5.41) is 0. The van der Waals surface area contributed by atoms with Crippen LogP contribution in [0.3, 0.4) is 0 Å². The van der Waals surface area contributed by atoms with E-state index in [4.69, 9.17) is 4.74 Å². The van der Waals surface area contributed by atoms with Gasteiger partial charge in [0.1, 0.15) is 13.2 Å². The van der Waals surface area contributed by atoms with E-state index >= 15 is 0 Å². The Morgan fingerprint density at radius 2 is 1.88 bits per heavy atom. The van der Waals surface area contributed by atoms with E-state index in [2.05, 4.69) is 29.2 Å². The summed E-state index contributed by atoms with van der Waals surface area (Å²) in [6.45, 7) is 5.58. The van der Waals surface area contributed by atoms with Gasteiger partial charge in [-0.2, -0.15) is 0 Å². The van der Waals surface area contributed by atoms with Gasteiger partial charge in [-0.05, 0) is 37.9 Å².